The van der Waals surface area contributed by atoms with Crippen molar-refractivity contribution in [3.05, 3.63) is 95.4 Å². The molecule has 2 aromatic carbocycles. The number of carbonyl (C=O) groups is 1. The highest BCUT2D eigenvalue weighted by molar-refractivity contribution is 5.95. The monoisotopic (exact) mass is 439 g/mol. The molecule has 0 spiro atoms. The van der Waals surface area contributed by atoms with Gasteiger partial charge in [0.15, 0.2) is 0 Å². The van der Waals surface area contributed by atoms with Crippen LogP contribution in [0.1, 0.15) is 52.5 Å². The van der Waals surface area contributed by atoms with Gasteiger partial charge in [-0.3, -0.25) is 19.8 Å². The zero-order valence-corrected chi connectivity index (χ0v) is 18.9. The maximum atomic E-state index is 13.4. The predicted molar refractivity (Wildman–Crippen MR) is 130 cm³/mol. The van der Waals surface area contributed by atoms with Crippen molar-refractivity contribution in [2.75, 3.05) is 13.6 Å². The van der Waals surface area contributed by atoms with Crippen molar-refractivity contribution in [3.8, 4) is 0 Å². The molecule has 1 aliphatic heterocycles. The lowest BCUT2D eigenvalue weighted by Gasteiger charge is -2.36. The molecule has 4 aromatic rings. The molecule has 2 aromatic heterocycles. The third-order valence-electron chi connectivity index (χ3n) is 6.56. The lowest BCUT2D eigenvalue weighted by atomic mass is 9.95. The van der Waals surface area contributed by atoms with Gasteiger partial charge in [0.25, 0.3) is 5.91 Å². The van der Waals surface area contributed by atoms with Crippen LogP contribution in [0.5, 0.6) is 0 Å². The molecule has 1 aliphatic rings. The van der Waals surface area contributed by atoms with Crippen LogP contribution in [0.4, 0.5) is 0 Å². The summed E-state index contributed by atoms with van der Waals surface area (Å²) in [6.45, 7) is 2.38. The Kier molecular flexibility index (Phi) is 6.17. The number of rotatable bonds is 6. The number of likely N-dealkylation sites (tertiary alicyclic amines) is 1. The molecule has 168 valence electrons. The first-order chi connectivity index (χ1) is 16.2. The van der Waals surface area contributed by atoms with Crippen molar-refractivity contribution in [3.63, 3.8) is 0 Å². The molecule has 0 aliphatic carbocycles. The van der Waals surface area contributed by atoms with E-state index in [2.05, 4.69) is 44.3 Å². The second-order valence-corrected chi connectivity index (χ2v) is 8.81. The number of aromatic nitrogens is 3. The van der Waals surface area contributed by atoms with Crippen molar-refractivity contribution < 1.29 is 4.79 Å². The second kappa shape index (κ2) is 9.55. The van der Waals surface area contributed by atoms with E-state index in [-0.39, 0.29) is 11.9 Å². The average molecular weight is 440 g/mol. The Hall–Kier alpha value is -3.51. The molecule has 1 fully saturated rings. The molecule has 5 rings (SSSR count). The number of carbonyl (C=O) groups excluding carboxylic acids is 1. The van der Waals surface area contributed by atoms with Gasteiger partial charge >= 0.3 is 0 Å². The number of nitrogens with one attached hydrogen (secondary N) is 1. The van der Waals surface area contributed by atoms with E-state index in [4.69, 9.17) is 0 Å². The van der Waals surface area contributed by atoms with Crippen LogP contribution in [0.15, 0.2) is 73.1 Å². The third kappa shape index (κ3) is 4.52. The minimum Gasteiger partial charge on any atom is -0.337 e. The zero-order valence-electron chi connectivity index (χ0n) is 18.9. The van der Waals surface area contributed by atoms with Crippen LogP contribution in [0, 0.1) is 0 Å². The van der Waals surface area contributed by atoms with Gasteiger partial charge in [-0.2, -0.15) is 5.10 Å². The highest BCUT2D eigenvalue weighted by Gasteiger charge is 2.30. The van der Waals surface area contributed by atoms with E-state index in [0.29, 0.717) is 12.1 Å². The molecule has 33 heavy (non-hydrogen) atoms. The highest BCUT2D eigenvalue weighted by Crippen LogP contribution is 2.34. The summed E-state index contributed by atoms with van der Waals surface area (Å²) in [6.07, 6.45) is 6.83. The van der Waals surface area contributed by atoms with E-state index < -0.39 is 0 Å². The van der Waals surface area contributed by atoms with E-state index in [9.17, 15) is 4.79 Å². The summed E-state index contributed by atoms with van der Waals surface area (Å²) in [5.41, 5.74) is 5.00. The molecule has 6 heteroatoms. The van der Waals surface area contributed by atoms with Gasteiger partial charge in [-0.1, -0.05) is 55.0 Å². The maximum absolute atomic E-state index is 13.4. The molecule has 0 saturated carbocycles. The number of hydrogen-bond donors (Lipinski definition) is 1. The molecular formula is C27H29N5O. The fourth-order valence-corrected chi connectivity index (χ4v) is 4.89. The topological polar surface area (TPSA) is 65.1 Å². The van der Waals surface area contributed by atoms with Gasteiger partial charge in [-0.25, -0.2) is 0 Å². The van der Waals surface area contributed by atoms with Gasteiger partial charge < -0.3 is 4.90 Å². The van der Waals surface area contributed by atoms with Crippen molar-refractivity contribution in [2.24, 2.45) is 0 Å². The number of benzene rings is 2. The summed E-state index contributed by atoms with van der Waals surface area (Å²) in [7, 11) is 1.86. The first-order valence-electron chi connectivity index (χ1n) is 11.6. The molecular weight excluding hydrogens is 410 g/mol. The number of fused-ring (bicyclic) bond motifs is 1. The fourth-order valence-electron chi connectivity index (χ4n) is 4.89. The van der Waals surface area contributed by atoms with Crippen LogP contribution in [0.25, 0.3) is 10.9 Å². The Balaban J connectivity index is 1.39. The summed E-state index contributed by atoms with van der Waals surface area (Å²) < 4.78 is 0. The standard InChI is InChI=1S/C27H29N5O/c1-31(18-20-9-3-2-4-10-20)27(33)23-17-29-30-26(23)25-14-5-6-16-32(25)19-21-11-7-13-24-22(21)12-8-15-28-24/h2-4,7-13,15,17,25H,5-6,14,16,18-19H2,1H3,(H,29,30)/t25-/m0/s1. The van der Waals surface area contributed by atoms with Gasteiger partial charge in [-0.15, -0.1) is 0 Å². The van der Waals surface area contributed by atoms with Gasteiger partial charge in [-0.05, 0) is 42.6 Å². The van der Waals surface area contributed by atoms with Crippen molar-refractivity contribution in [1.82, 2.24) is 25.0 Å². The number of piperidine rings is 1. The van der Waals surface area contributed by atoms with Gasteiger partial charge in [0.1, 0.15) is 0 Å². The lowest BCUT2D eigenvalue weighted by molar-refractivity contribution is 0.0776. The van der Waals surface area contributed by atoms with Crippen LogP contribution in [-0.2, 0) is 13.1 Å². The van der Waals surface area contributed by atoms with Crippen LogP contribution in [0.3, 0.4) is 0 Å². The fraction of sp³-hybridized carbons (Fsp3) is 0.296. The van der Waals surface area contributed by atoms with Gasteiger partial charge in [0.2, 0.25) is 0 Å². The summed E-state index contributed by atoms with van der Waals surface area (Å²) in [4.78, 5) is 22.1. The van der Waals surface area contributed by atoms with E-state index in [1.807, 2.05) is 49.6 Å². The molecule has 0 radical (unpaired) electrons. The smallest absolute Gasteiger partial charge is 0.257 e. The zero-order chi connectivity index (χ0) is 22.6. The highest BCUT2D eigenvalue weighted by atomic mass is 16.2. The minimum atomic E-state index is 0.00230. The van der Waals surface area contributed by atoms with Crippen molar-refractivity contribution in [2.45, 2.75) is 38.4 Å². The number of pyridine rings is 1. The molecule has 0 bridgehead atoms. The van der Waals surface area contributed by atoms with E-state index >= 15 is 0 Å². The van der Waals surface area contributed by atoms with Crippen molar-refractivity contribution >= 4 is 16.8 Å². The number of H-pyrrole nitrogens is 1. The first kappa shape index (κ1) is 21.3. The lowest BCUT2D eigenvalue weighted by Crippen LogP contribution is -2.35. The van der Waals surface area contributed by atoms with E-state index in [1.54, 1.807) is 11.1 Å². The Morgan fingerprint density at radius 1 is 1.09 bits per heavy atom. The number of aromatic amines is 1. The quantitative estimate of drug-likeness (QED) is 0.461. The average Bonchev–Trinajstić information content (AvgIpc) is 3.34. The normalized spacial score (nSPS) is 16.7. The SMILES string of the molecule is CN(Cc1ccccc1)C(=O)c1cn[nH]c1[C@@H]1CCCCN1Cc1cccc2ncccc12. The summed E-state index contributed by atoms with van der Waals surface area (Å²) >= 11 is 0. The van der Waals surface area contributed by atoms with Crippen LogP contribution >= 0.6 is 0 Å². The molecule has 1 atom stereocenters. The molecule has 1 N–H and O–H groups in total. The number of hydrogen-bond acceptors (Lipinski definition) is 4. The van der Waals surface area contributed by atoms with Crippen molar-refractivity contribution in [1.29, 1.82) is 0 Å². The first-order valence-corrected chi connectivity index (χ1v) is 11.6. The van der Waals surface area contributed by atoms with Gasteiger partial charge in [0.05, 0.1) is 29.0 Å². The second-order valence-electron chi connectivity index (χ2n) is 8.81. The van der Waals surface area contributed by atoms with Crippen LogP contribution in [0.2, 0.25) is 0 Å². The Labute approximate surface area is 194 Å². The molecule has 1 amide bonds. The maximum Gasteiger partial charge on any atom is 0.257 e. The molecule has 3 heterocycles. The largest absolute Gasteiger partial charge is 0.337 e. The van der Waals surface area contributed by atoms with E-state index in [1.165, 1.54) is 10.9 Å². The number of nitrogens with zero attached hydrogens (tertiary/aromatic N) is 4. The summed E-state index contributed by atoms with van der Waals surface area (Å²) in [6, 6.07) is 20.7. The van der Waals surface area contributed by atoms with E-state index in [0.717, 1.165) is 49.1 Å². The molecule has 6 nitrogen and oxygen atoms in total. The Morgan fingerprint density at radius 3 is 2.85 bits per heavy atom. The van der Waals surface area contributed by atoms with Crippen LogP contribution in [-0.4, -0.2) is 44.5 Å². The van der Waals surface area contributed by atoms with Crippen LogP contribution < -0.4 is 0 Å². The Bertz CT molecular complexity index is 1230. The molecule has 1 saturated heterocycles. The summed E-state index contributed by atoms with van der Waals surface area (Å²) in [5.74, 6) is 0.00230. The number of amides is 1. The third-order valence-corrected chi connectivity index (χ3v) is 6.56. The van der Waals surface area contributed by atoms with Gasteiger partial charge in [0, 0.05) is 31.7 Å². The predicted octanol–water partition coefficient (Wildman–Crippen LogP) is 4.96. The molecule has 0 unspecified atom stereocenters. The summed E-state index contributed by atoms with van der Waals surface area (Å²) in [5, 5.41) is 8.65. The minimum absolute atomic E-state index is 0.00230. The Morgan fingerprint density at radius 2 is 1.97 bits per heavy atom.